The van der Waals surface area contributed by atoms with Crippen LogP contribution in [0.1, 0.15) is 45.7 Å². The fourth-order valence-electron chi connectivity index (χ4n) is 0.774. The van der Waals surface area contributed by atoms with Gasteiger partial charge in [-0.1, -0.05) is 27.7 Å². The lowest BCUT2D eigenvalue weighted by atomic mass is 10.1. The average Bonchev–Trinajstić information content (AvgIpc) is 2.21. The largest absolute Gasteiger partial charge is 0.261 e. The van der Waals surface area contributed by atoms with Gasteiger partial charge in [-0.05, 0) is 12.3 Å². The standard InChI is InChI=1S/C8H12N2.C2H6/c1-3-7(2)8-6-9-4-5-10-8;1-2/h4-7H,3H2,1-2H3;1-2H3. The molecule has 1 aromatic heterocycles. The van der Waals surface area contributed by atoms with Gasteiger partial charge < -0.3 is 0 Å². The molecule has 0 radical (unpaired) electrons. The monoisotopic (exact) mass is 166 g/mol. The topological polar surface area (TPSA) is 25.8 Å². The first-order valence-corrected chi connectivity index (χ1v) is 4.60. The lowest BCUT2D eigenvalue weighted by molar-refractivity contribution is 0.702. The van der Waals surface area contributed by atoms with E-state index >= 15 is 0 Å². The number of hydrogen-bond acceptors (Lipinski definition) is 2. The van der Waals surface area contributed by atoms with E-state index in [1.54, 1.807) is 12.4 Å². The van der Waals surface area contributed by atoms with Gasteiger partial charge >= 0.3 is 0 Å². The second kappa shape index (κ2) is 6.77. The maximum Gasteiger partial charge on any atom is 0.0614 e. The second-order valence-corrected chi connectivity index (χ2v) is 2.44. The van der Waals surface area contributed by atoms with Crippen LogP contribution in [0.25, 0.3) is 0 Å². The summed E-state index contributed by atoms with van der Waals surface area (Å²) in [6, 6.07) is 0. The molecule has 0 bridgehead atoms. The summed E-state index contributed by atoms with van der Waals surface area (Å²) in [5.41, 5.74) is 1.09. The summed E-state index contributed by atoms with van der Waals surface area (Å²) < 4.78 is 0. The number of rotatable bonds is 2. The molecule has 12 heavy (non-hydrogen) atoms. The quantitative estimate of drug-likeness (QED) is 0.675. The molecule has 0 spiro atoms. The van der Waals surface area contributed by atoms with E-state index in [9.17, 15) is 0 Å². The van der Waals surface area contributed by atoms with Gasteiger partial charge in [0.2, 0.25) is 0 Å². The molecule has 0 amide bonds. The van der Waals surface area contributed by atoms with Crippen molar-refractivity contribution in [3.8, 4) is 0 Å². The fourth-order valence-corrected chi connectivity index (χ4v) is 0.774. The first-order valence-electron chi connectivity index (χ1n) is 4.60. The zero-order valence-corrected chi connectivity index (χ0v) is 8.41. The van der Waals surface area contributed by atoms with Crippen LogP contribution < -0.4 is 0 Å². The molecule has 0 fully saturated rings. The first kappa shape index (κ1) is 11.1. The lowest BCUT2D eigenvalue weighted by Gasteiger charge is -2.04. The molecule has 1 atom stereocenters. The van der Waals surface area contributed by atoms with Crippen molar-refractivity contribution in [1.29, 1.82) is 0 Å². The maximum atomic E-state index is 4.19. The molecular formula is C10H18N2. The molecule has 1 unspecified atom stereocenters. The zero-order chi connectivity index (χ0) is 9.40. The normalized spacial score (nSPS) is 11.3. The SMILES string of the molecule is CC.CCC(C)c1cnccn1. The van der Waals surface area contributed by atoms with E-state index in [-0.39, 0.29) is 0 Å². The van der Waals surface area contributed by atoms with Crippen molar-refractivity contribution in [2.75, 3.05) is 0 Å². The predicted molar refractivity (Wildman–Crippen MR) is 52.1 cm³/mol. The molecule has 0 aliphatic carbocycles. The molecule has 68 valence electrons. The van der Waals surface area contributed by atoms with Gasteiger partial charge in [0, 0.05) is 18.6 Å². The zero-order valence-electron chi connectivity index (χ0n) is 8.41. The Morgan fingerprint density at radius 1 is 1.33 bits per heavy atom. The summed E-state index contributed by atoms with van der Waals surface area (Å²) in [5, 5.41) is 0. The summed E-state index contributed by atoms with van der Waals surface area (Å²) in [5.74, 6) is 0.536. The van der Waals surface area contributed by atoms with Gasteiger partial charge in [-0.25, -0.2) is 0 Å². The van der Waals surface area contributed by atoms with Crippen LogP contribution in [0.15, 0.2) is 18.6 Å². The third-order valence-electron chi connectivity index (χ3n) is 1.70. The van der Waals surface area contributed by atoms with Crippen LogP contribution in [0, 0.1) is 0 Å². The molecule has 0 N–H and O–H groups in total. The van der Waals surface area contributed by atoms with Gasteiger partial charge in [-0.2, -0.15) is 0 Å². The highest BCUT2D eigenvalue weighted by molar-refractivity contribution is 5.00. The minimum atomic E-state index is 0.536. The van der Waals surface area contributed by atoms with Gasteiger partial charge in [0.05, 0.1) is 5.69 Å². The van der Waals surface area contributed by atoms with E-state index in [4.69, 9.17) is 0 Å². The van der Waals surface area contributed by atoms with Crippen molar-refractivity contribution in [2.24, 2.45) is 0 Å². The molecule has 1 aromatic rings. The Hall–Kier alpha value is -0.920. The van der Waals surface area contributed by atoms with Crippen molar-refractivity contribution >= 4 is 0 Å². The summed E-state index contributed by atoms with van der Waals surface area (Å²) in [6.45, 7) is 8.31. The van der Waals surface area contributed by atoms with Crippen LogP contribution in [0.2, 0.25) is 0 Å². The van der Waals surface area contributed by atoms with Crippen LogP contribution in [-0.2, 0) is 0 Å². The molecule has 2 heteroatoms. The summed E-state index contributed by atoms with van der Waals surface area (Å²) in [6.07, 6.45) is 6.39. The molecule has 1 rings (SSSR count). The molecule has 0 aromatic carbocycles. The van der Waals surface area contributed by atoms with Crippen molar-refractivity contribution in [1.82, 2.24) is 9.97 Å². The first-order chi connectivity index (χ1) is 5.84. The Balaban J connectivity index is 0.000000561. The van der Waals surface area contributed by atoms with Crippen LogP contribution in [0.5, 0.6) is 0 Å². The third kappa shape index (κ3) is 3.46. The molecule has 2 nitrogen and oxygen atoms in total. The van der Waals surface area contributed by atoms with Gasteiger partial charge in [-0.15, -0.1) is 0 Å². The van der Waals surface area contributed by atoms with E-state index in [1.165, 1.54) is 0 Å². The highest BCUT2D eigenvalue weighted by Crippen LogP contribution is 2.13. The van der Waals surface area contributed by atoms with E-state index < -0.39 is 0 Å². The third-order valence-corrected chi connectivity index (χ3v) is 1.70. The van der Waals surface area contributed by atoms with Crippen LogP contribution in [-0.4, -0.2) is 9.97 Å². The van der Waals surface area contributed by atoms with Crippen LogP contribution in [0.4, 0.5) is 0 Å². The number of aromatic nitrogens is 2. The van der Waals surface area contributed by atoms with Crippen molar-refractivity contribution < 1.29 is 0 Å². The Morgan fingerprint density at radius 3 is 2.42 bits per heavy atom. The van der Waals surface area contributed by atoms with Gasteiger partial charge in [0.25, 0.3) is 0 Å². The van der Waals surface area contributed by atoms with E-state index in [0.29, 0.717) is 5.92 Å². The summed E-state index contributed by atoms with van der Waals surface area (Å²) >= 11 is 0. The second-order valence-electron chi connectivity index (χ2n) is 2.44. The van der Waals surface area contributed by atoms with Crippen molar-refractivity contribution in [3.63, 3.8) is 0 Å². The van der Waals surface area contributed by atoms with E-state index in [1.807, 2.05) is 20.0 Å². The maximum absolute atomic E-state index is 4.19. The predicted octanol–water partition coefficient (Wildman–Crippen LogP) is 3.02. The molecule has 0 aliphatic heterocycles. The smallest absolute Gasteiger partial charge is 0.0614 e. The molecule has 0 saturated heterocycles. The van der Waals surface area contributed by atoms with Gasteiger partial charge in [0.1, 0.15) is 0 Å². The summed E-state index contributed by atoms with van der Waals surface area (Å²) in [4.78, 5) is 8.18. The van der Waals surface area contributed by atoms with Gasteiger partial charge in [0.15, 0.2) is 0 Å². The highest BCUT2D eigenvalue weighted by Gasteiger charge is 2.01. The minimum absolute atomic E-state index is 0.536. The molecule has 1 heterocycles. The van der Waals surface area contributed by atoms with Crippen LogP contribution >= 0.6 is 0 Å². The molecule has 0 aliphatic rings. The number of nitrogens with zero attached hydrogens (tertiary/aromatic N) is 2. The van der Waals surface area contributed by atoms with Crippen LogP contribution in [0.3, 0.4) is 0 Å². The Morgan fingerprint density at radius 2 is 2.00 bits per heavy atom. The van der Waals surface area contributed by atoms with E-state index in [0.717, 1.165) is 12.1 Å². The highest BCUT2D eigenvalue weighted by atomic mass is 14.8. The molecular weight excluding hydrogens is 148 g/mol. The average molecular weight is 166 g/mol. The Bertz CT molecular complexity index is 184. The number of hydrogen-bond donors (Lipinski definition) is 0. The van der Waals surface area contributed by atoms with Gasteiger partial charge in [-0.3, -0.25) is 9.97 Å². The lowest BCUT2D eigenvalue weighted by Crippen LogP contribution is -1.94. The minimum Gasteiger partial charge on any atom is -0.261 e. The Kier molecular flexibility index (Phi) is 6.25. The Labute approximate surface area is 75.1 Å². The molecule has 0 saturated carbocycles. The summed E-state index contributed by atoms with van der Waals surface area (Å²) in [7, 11) is 0. The fraction of sp³-hybridized carbons (Fsp3) is 0.600. The van der Waals surface area contributed by atoms with Crippen molar-refractivity contribution in [3.05, 3.63) is 24.3 Å². The van der Waals surface area contributed by atoms with Crippen molar-refractivity contribution in [2.45, 2.75) is 40.0 Å². The van der Waals surface area contributed by atoms with E-state index in [2.05, 4.69) is 23.8 Å².